The zero-order valence-corrected chi connectivity index (χ0v) is 11.1. The normalized spacial score (nSPS) is 21.9. The standard InChI is InChI=1S/C13H19ClN2O/c1-9(15)12-4-3-10(7-13(12)14)16-6-5-11(8-16)17-2/h3-4,7,9,11H,5-6,8,15H2,1-2H3. The van der Waals surface area contributed by atoms with E-state index in [-0.39, 0.29) is 6.04 Å². The maximum Gasteiger partial charge on any atom is 0.0762 e. The van der Waals surface area contributed by atoms with Crippen molar-refractivity contribution in [1.29, 1.82) is 0 Å². The number of halogens is 1. The lowest BCUT2D eigenvalue weighted by Gasteiger charge is -2.20. The van der Waals surface area contributed by atoms with Crippen LogP contribution in [0.5, 0.6) is 0 Å². The highest BCUT2D eigenvalue weighted by molar-refractivity contribution is 6.31. The first-order valence-corrected chi connectivity index (χ1v) is 6.32. The minimum atomic E-state index is -0.0261. The quantitative estimate of drug-likeness (QED) is 0.901. The van der Waals surface area contributed by atoms with Crippen molar-refractivity contribution < 1.29 is 4.74 Å². The molecule has 3 nitrogen and oxygen atoms in total. The van der Waals surface area contributed by atoms with Gasteiger partial charge in [-0.3, -0.25) is 0 Å². The number of rotatable bonds is 3. The molecular weight excluding hydrogens is 236 g/mol. The molecule has 1 saturated heterocycles. The number of methoxy groups -OCH3 is 1. The summed E-state index contributed by atoms with van der Waals surface area (Å²) in [6.45, 7) is 3.90. The van der Waals surface area contributed by atoms with Gasteiger partial charge in [-0.2, -0.15) is 0 Å². The van der Waals surface area contributed by atoms with Crippen LogP contribution in [0, 0.1) is 0 Å². The Morgan fingerprint density at radius 3 is 2.82 bits per heavy atom. The predicted octanol–water partition coefficient (Wildman–Crippen LogP) is 2.58. The van der Waals surface area contributed by atoms with Crippen LogP contribution in [-0.2, 0) is 4.74 Å². The number of hydrogen-bond acceptors (Lipinski definition) is 3. The van der Waals surface area contributed by atoms with Crippen molar-refractivity contribution in [2.75, 3.05) is 25.1 Å². The molecule has 2 atom stereocenters. The predicted molar refractivity (Wildman–Crippen MR) is 71.7 cm³/mol. The summed E-state index contributed by atoms with van der Waals surface area (Å²) in [5.74, 6) is 0. The first kappa shape index (κ1) is 12.7. The average molecular weight is 255 g/mol. The third kappa shape index (κ3) is 2.73. The molecule has 1 aromatic rings. The van der Waals surface area contributed by atoms with E-state index in [2.05, 4.69) is 11.0 Å². The number of nitrogens with two attached hydrogens (primary N) is 1. The van der Waals surface area contributed by atoms with E-state index >= 15 is 0 Å². The molecular formula is C13H19ClN2O. The Kier molecular flexibility index (Phi) is 3.92. The van der Waals surface area contributed by atoms with Gasteiger partial charge in [0.15, 0.2) is 0 Å². The van der Waals surface area contributed by atoms with Crippen molar-refractivity contribution in [3.63, 3.8) is 0 Å². The van der Waals surface area contributed by atoms with E-state index in [1.54, 1.807) is 7.11 Å². The molecule has 1 aliphatic rings. The fourth-order valence-electron chi connectivity index (χ4n) is 2.24. The maximum atomic E-state index is 6.24. The Morgan fingerprint density at radius 2 is 2.29 bits per heavy atom. The summed E-state index contributed by atoms with van der Waals surface area (Å²) in [6, 6.07) is 6.07. The van der Waals surface area contributed by atoms with Crippen LogP contribution in [0.25, 0.3) is 0 Å². The van der Waals surface area contributed by atoms with Crippen molar-refractivity contribution >= 4 is 17.3 Å². The Morgan fingerprint density at radius 1 is 1.53 bits per heavy atom. The van der Waals surface area contributed by atoms with Crippen LogP contribution in [0.15, 0.2) is 18.2 Å². The zero-order valence-electron chi connectivity index (χ0n) is 10.3. The van der Waals surface area contributed by atoms with E-state index < -0.39 is 0 Å². The van der Waals surface area contributed by atoms with Crippen LogP contribution < -0.4 is 10.6 Å². The van der Waals surface area contributed by atoms with E-state index in [1.165, 1.54) is 0 Å². The molecule has 94 valence electrons. The van der Waals surface area contributed by atoms with Crippen LogP contribution in [-0.4, -0.2) is 26.3 Å². The topological polar surface area (TPSA) is 38.5 Å². The summed E-state index contributed by atoms with van der Waals surface area (Å²) >= 11 is 6.24. The number of anilines is 1. The van der Waals surface area contributed by atoms with Crippen molar-refractivity contribution in [1.82, 2.24) is 0 Å². The van der Waals surface area contributed by atoms with E-state index in [4.69, 9.17) is 22.1 Å². The molecule has 0 bridgehead atoms. The van der Waals surface area contributed by atoms with Gasteiger partial charge in [0.2, 0.25) is 0 Å². The minimum Gasteiger partial charge on any atom is -0.380 e. The summed E-state index contributed by atoms with van der Waals surface area (Å²) in [6.07, 6.45) is 1.41. The molecule has 0 saturated carbocycles. The Labute approximate surface area is 107 Å². The van der Waals surface area contributed by atoms with E-state index in [0.717, 1.165) is 35.8 Å². The molecule has 2 rings (SSSR count). The molecule has 0 amide bonds. The van der Waals surface area contributed by atoms with Crippen LogP contribution in [0.2, 0.25) is 5.02 Å². The molecule has 4 heteroatoms. The van der Waals surface area contributed by atoms with Gasteiger partial charge in [-0.1, -0.05) is 17.7 Å². The first-order valence-electron chi connectivity index (χ1n) is 5.94. The number of benzene rings is 1. The minimum absolute atomic E-state index is 0.0261. The highest BCUT2D eigenvalue weighted by atomic mass is 35.5. The summed E-state index contributed by atoms with van der Waals surface area (Å²) in [5, 5.41) is 0.748. The van der Waals surface area contributed by atoms with Gasteiger partial charge in [-0.25, -0.2) is 0 Å². The van der Waals surface area contributed by atoms with Gasteiger partial charge in [-0.15, -0.1) is 0 Å². The largest absolute Gasteiger partial charge is 0.380 e. The van der Waals surface area contributed by atoms with Gasteiger partial charge in [0.1, 0.15) is 0 Å². The Hall–Kier alpha value is -0.770. The van der Waals surface area contributed by atoms with E-state index in [0.29, 0.717) is 6.10 Å². The second-order valence-electron chi connectivity index (χ2n) is 4.59. The molecule has 0 spiro atoms. The third-order valence-corrected chi connectivity index (χ3v) is 3.65. The van der Waals surface area contributed by atoms with E-state index in [9.17, 15) is 0 Å². The lowest BCUT2D eigenvalue weighted by atomic mass is 10.1. The molecule has 17 heavy (non-hydrogen) atoms. The molecule has 1 fully saturated rings. The molecule has 0 radical (unpaired) electrons. The number of hydrogen-bond donors (Lipinski definition) is 1. The Bertz CT molecular complexity index is 395. The molecule has 2 unspecified atom stereocenters. The fourth-order valence-corrected chi connectivity index (χ4v) is 2.58. The van der Waals surface area contributed by atoms with Crippen LogP contribution in [0.4, 0.5) is 5.69 Å². The summed E-state index contributed by atoms with van der Waals surface area (Å²) in [5.41, 5.74) is 7.99. The van der Waals surface area contributed by atoms with Gasteiger partial charge >= 0.3 is 0 Å². The average Bonchev–Trinajstić information content (AvgIpc) is 2.76. The molecule has 0 aliphatic carbocycles. The second-order valence-corrected chi connectivity index (χ2v) is 4.99. The van der Waals surface area contributed by atoms with Gasteiger partial charge < -0.3 is 15.4 Å². The maximum absolute atomic E-state index is 6.24. The van der Waals surface area contributed by atoms with Crippen LogP contribution >= 0.6 is 11.6 Å². The molecule has 1 aliphatic heterocycles. The highest BCUT2D eigenvalue weighted by Crippen LogP contribution is 2.29. The molecule has 2 N–H and O–H groups in total. The molecule has 1 heterocycles. The number of nitrogens with zero attached hydrogens (tertiary/aromatic N) is 1. The fraction of sp³-hybridized carbons (Fsp3) is 0.538. The van der Waals surface area contributed by atoms with Gasteiger partial charge in [0.05, 0.1) is 6.10 Å². The Balaban J connectivity index is 2.15. The van der Waals surface area contributed by atoms with Crippen molar-refractivity contribution in [2.24, 2.45) is 5.73 Å². The lowest BCUT2D eigenvalue weighted by Crippen LogP contribution is -2.22. The monoisotopic (exact) mass is 254 g/mol. The third-order valence-electron chi connectivity index (χ3n) is 3.32. The van der Waals surface area contributed by atoms with Crippen molar-refractivity contribution in [3.05, 3.63) is 28.8 Å². The summed E-state index contributed by atoms with van der Waals surface area (Å²) in [7, 11) is 1.76. The smallest absolute Gasteiger partial charge is 0.0762 e. The van der Waals surface area contributed by atoms with Crippen LogP contribution in [0.3, 0.4) is 0 Å². The number of ether oxygens (including phenoxy) is 1. The van der Waals surface area contributed by atoms with Gasteiger partial charge in [0.25, 0.3) is 0 Å². The SMILES string of the molecule is COC1CCN(c2ccc(C(C)N)c(Cl)c2)C1. The zero-order chi connectivity index (χ0) is 12.4. The van der Waals surface area contributed by atoms with Crippen molar-refractivity contribution in [3.8, 4) is 0 Å². The first-order chi connectivity index (χ1) is 8.11. The van der Waals surface area contributed by atoms with E-state index in [1.807, 2.05) is 19.1 Å². The summed E-state index contributed by atoms with van der Waals surface area (Å²) < 4.78 is 5.36. The molecule has 0 aromatic heterocycles. The lowest BCUT2D eigenvalue weighted by molar-refractivity contribution is 0.121. The van der Waals surface area contributed by atoms with Crippen molar-refractivity contribution in [2.45, 2.75) is 25.5 Å². The van der Waals surface area contributed by atoms with Gasteiger partial charge in [-0.05, 0) is 31.0 Å². The second kappa shape index (κ2) is 5.25. The van der Waals surface area contributed by atoms with Gasteiger partial charge in [0, 0.05) is 37.0 Å². The molecule has 1 aromatic carbocycles. The van der Waals surface area contributed by atoms with Crippen LogP contribution in [0.1, 0.15) is 24.9 Å². The summed E-state index contributed by atoms with van der Waals surface area (Å²) in [4.78, 5) is 2.30. The highest BCUT2D eigenvalue weighted by Gasteiger charge is 2.22.